The lowest BCUT2D eigenvalue weighted by molar-refractivity contribution is 0.0222. The summed E-state index contributed by atoms with van der Waals surface area (Å²) >= 11 is 0. The van der Waals surface area contributed by atoms with Crippen molar-refractivity contribution in [3.63, 3.8) is 0 Å². The summed E-state index contributed by atoms with van der Waals surface area (Å²) in [5.74, 6) is 0.583. The number of anilines is 2. The predicted molar refractivity (Wildman–Crippen MR) is 102 cm³/mol. The molecular weight excluding hydrogens is 328 g/mol. The van der Waals surface area contributed by atoms with Gasteiger partial charge in [0.25, 0.3) is 0 Å². The Hall–Kier alpha value is -2.63. The molecule has 1 amide bonds. The molecule has 1 N–H and O–H groups in total. The Morgan fingerprint density at radius 2 is 1.88 bits per heavy atom. The zero-order valence-corrected chi connectivity index (χ0v) is 16.1. The molecule has 0 unspecified atom stereocenters. The molecule has 2 aromatic rings. The zero-order valence-electron chi connectivity index (χ0n) is 16.1. The summed E-state index contributed by atoms with van der Waals surface area (Å²) in [5.41, 5.74) is 4.82. The van der Waals surface area contributed by atoms with Gasteiger partial charge in [-0.3, -0.25) is 0 Å². The number of nitrogens with one attached hydrogen (secondary N) is 1. The van der Waals surface area contributed by atoms with Crippen molar-refractivity contribution in [2.45, 2.75) is 53.2 Å². The fourth-order valence-electron chi connectivity index (χ4n) is 3.03. The van der Waals surface area contributed by atoms with Gasteiger partial charge in [0.2, 0.25) is 5.95 Å². The molecule has 1 aliphatic heterocycles. The Kier molecular flexibility index (Phi) is 4.85. The van der Waals surface area contributed by atoms with Gasteiger partial charge in [0, 0.05) is 30.4 Å². The van der Waals surface area contributed by atoms with Crippen LogP contribution in [0.1, 0.15) is 43.2 Å². The average Bonchev–Trinajstić information content (AvgIpc) is 2.51. The van der Waals surface area contributed by atoms with Gasteiger partial charge in [-0.1, -0.05) is 6.07 Å². The number of nitrogens with zero attached hydrogens (tertiary/aromatic N) is 3. The lowest BCUT2D eigenvalue weighted by atomic mass is 10.1. The normalized spacial score (nSPS) is 14.0. The van der Waals surface area contributed by atoms with E-state index in [0.717, 1.165) is 16.9 Å². The number of carbonyl (C=O) groups is 1. The van der Waals surface area contributed by atoms with Crippen LogP contribution in [0.25, 0.3) is 0 Å². The SMILES string of the molecule is Cc1cc(C)cc(Nc2ncc3c(n2)CCN(C(=O)OC(C)(C)C)C3)c1. The Morgan fingerprint density at radius 3 is 2.54 bits per heavy atom. The van der Waals surface area contributed by atoms with E-state index in [4.69, 9.17) is 4.74 Å². The number of aryl methyl sites for hydroxylation is 2. The third-order valence-electron chi connectivity index (χ3n) is 4.06. The summed E-state index contributed by atoms with van der Waals surface area (Å²) in [7, 11) is 0. The quantitative estimate of drug-likeness (QED) is 0.878. The third kappa shape index (κ3) is 4.50. The van der Waals surface area contributed by atoms with E-state index in [1.165, 1.54) is 11.1 Å². The van der Waals surface area contributed by atoms with Crippen LogP contribution in [-0.2, 0) is 17.7 Å². The molecule has 0 spiro atoms. The first-order valence-corrected chi connectivity index (χ1v) is 8.88. The van der Waals surface area contributed by atoms with Gasteiger partial charge in [0.15, 0.2) is 0 Å². The molecule has 0 radical (unpaired) electrons. The highest BCUT2D eigenvalue weighted by atomic mass is 16.6. The van der Waals surface area contributed by atoms with E-state index in [-0.39, 0.29) is 6.09 Å². The number of aromatic nitrogens is 2. The van der Waals surface area contributed by atoms with Crippen LogP contribution >= 0.6 is 0 Å². The fourth-order valence-corrected chi connectivity index (χ4v) is 3.03. The zero-order chi connectivity index (χ0) is 18.9. The Bertz CT molecular complexity index is 807. The molecule has 0 fully saturated rings. The van der Waals surface area contributed by atoms with E-state index in [9.17, 15) is 4.79 Å². The molecule has 3 rings (SSSR count). The summed E-state index contributed by atoms with van der Waals surface area (Å²) < 4.78 is 5.45. The second kappa shape index (κ2) is 6.94. The minimum absolute atomic E-state index is 0.291. The maximum absolute atomic E-state index is 12.2. The molecule has 0 bridgehead atoms. The van der Waals surface area contributed by atoms with Gasteiger partial charge in [-0.15, -0.1) is 0 Å². The molecule has 0 aliphatic carbocycles. The lowest BCUT2D eigenvalue weighted by Gasteiger charge is -2.30. The molecular formula is C20H26N4O2. The number of fused-ring (bicyclic) bond motifs is 1. The highest BCUT2D eigenvalue weighted by Crippen LogP contribution is 2.22. The van der Waals surface area contributed by atoms with Crippen LogP contribution in [0.15, 0.2) is 24.4 Å². The van der Waals surface area contributed by atoms with E-state index in [0.29, 0.717) is 25.5 Å². The van der Waals surface area contributed by atoms with Crippen molar-refractivity contribution in [1.82, 2.24) is 14.9 Å². The van der Waals surface area contributed by atoms with E-state index < -0.39 is 5.60 Å². The van der Waals surface area contributed by atoms with Crippen molar-refractivity contribution in [1.29, 1.82) is 0 Å². The van der Waals surface area contributed by atoms with Gasteiger partial charge in [-0.25, -0.2) is 14.8 Å². The first-order chi connectivity index (χ1) is 12.2. The topological polar surface area (TPSA) is 67.4 Å². The molecule has 1 aromatic heterocycles. The summed E-state index contributed by atoms with van der Waals surface area (Å²) in [5, 5.41) is 3.27. The monoisotopic (exact) mass is 354 g/mol. The molecule has 0 saturated carbocycles. The predicted octanol–water partition coefficient (Wildman–Crippen LogP) is 4.13. The molecule has 1 aliphatic rings. The Morgan fingerprint density at radius 1 is 1.19 bits per heavy atom. The minimum Gasteiger partial charge on any atom is -0.444 e. The van der Waals surface area contributed by atoms with Crippen LogP contribution in [0.4, 0.5) is 16.4 Å². The maximum Gasteiger partial charge on any atom is 0.410 e. The summed E-state index contributed by atoms with van der Waals surface area (Å²) in [6, 6.07) is 6.27. The number of hydrogen-bond donors (Lipinski definition) is 1. The van der Waals surface area contributed by atoms with Gasteiger partial charge in [-0.05, 0) is 57.9 Å². The van der Waals surface area contributed by atoms with Gasteiger partial charge in [0.05, 0.1) is 12.2 Å². The molecule has 138 valence electrons. The van der Waals surface area contributed by atoms with Crippen LogP contribution < -0.4 is 5.32 Å². The summed E-state index contributed by atoms with van der Waals surface area (Å²) in [4.78, 5) is 23.0. The van der Waals surface area contributed by atoms with E-state index in [1.807, 2.05) is 20.8 Å². The standard InChI is InChI=1S/C20H26N4O2/c1-13-8-14(2)10-16(9-13)22-18-21-11-15-12-24(7-6-17(15)23-18)19(25)26-20(3,4)5/h8-11H,6-7,12H2,1-5H3,(H,21,22,23). The van der Waals surface area contributed by atoms with Crippen molar-refractivity contribution in [3.05, 3.63) is 46.8 Å². The van der Waals surface area contributed by atoms with Crippen molar-refractivity contribution in [3.8, 4) is 0 Å². The first kappa shape index (κ1) is 18.2. The Balaban J connectivity index is 1.72. The molecule has 2 heterocycles. The van der Waals surface area contributed by atoms with Gasteiger partial charge < -0.3 is 15.0 Å². The fraction of sp³-hybridized carbons (Fsp3) is 0.450. The number of hydrogen-bond acceptors (Lipinski definition) is 5. The number of amides is 1. The second-order valence-corrected chi connectivity index (χ2v) is 7.82. The smallest absolute Gasteiger partial charge is 0.410 e. The molecule has 26 heavy (non-hydrogen) atoms. The van der Waals surface area contributed by atoms with Crippen LogP contribution in [0.5, 0.6) is 0 Å². The van der Waals surface area contributed by atoms with E-state index >= 15 is 0 Å². The van der Waals surface area contributed by atoms with Crippen molar-refractivity contribution >= 4 is 17.7 Å². The van der Waals surface area contributed by atoms with Crippen LogP contribution in [0.3, 0.4) is 0 Å². The molecule has 1 aromatic carbocycles. The van der Waals surface area contributed by atoms with Gasteiger partial charge in [-0.2, -0.15) is 0 Å². The van der Waals surface area contributed by atoms with Crippen LogP contribution in [-0.4, -0.2) is 33.1 Å². The summed E-state index contributed by atoms with van der Waals surface area (Å²) in [6.07, 6.45) is 2.20. The highest BCUT2D eigenvalue weighted by molar-refractivity contribution is 5.68. The molecule has 6 heteroatoms. The molecule has 6 nitrogen and oxygen atoms in total. The number of benzene rings is 1. The number of rotatable bonds is 2. The van der Waals surface area contributed by atoms with Crippen molar-refractivity contribution < 1.29 is 9.53 Å². The minimum atomic E-state index is -0.492. The Labute approximate surface area is 154 Å². The van der Waals surface area contributed by atoms with E-state index in [1.54, 1.807) is 11.1 Å². The van der Waals surface area contributed by atoms with Crippen molar-refractivity contribution in [2.75, 3.05) is 11.9 Å². The first-order valence-electron chi connectivity index (χ1n) is 8.88. The maximum atomic E-state index is 12.2. The number of ether oxygens (including phenoxy) is 1. The molecule has 0 atom stereocenters. The van der Waals surface area contributed by atoms with Crippen LogP contribution in [0, 0.1) is 13.8 Å². The van der Waals surface area contributed by atoms with E-state index in [2.05, 4.69) is 47.3 Å². The summed E-state index contributed by atoms with van der Waals surface area (Å²) in [6.45, 7) is 10.8. The largest absolute Gasteiger partial charge is 0.444 e. The average molecular weight is 354 g/mol. The van der Waals surface area contributed by atoms with Crippen molar-refractivity contribution in [2.24, 2.45) is 0 Å². The third-order valence-corrected chi connectivity index (χ3v) is 4.06. The van der Waals surface area contributed by atoms with Gasteiger partial charge >= 0.3 is 6.09 Å². The highest BCUT2D eigenvalue weighted by Gasteiger charge is 2.26. The van der Waals surface area contributed by atoms with Crippen LogP contribution in [0.2, 0.25) is 0 Å². The van der Waals surface area contributed by atoms with Gasteiger partial charge in [0.1, 0.15) is 5.60 Å². The lowest BCUT2D eigenvalue weighted by Crippen LogP contribution is -2.40. The molecule has 0 saturated heterocycles. The second-order valence-electron chi connectivity index (χ2n) is 7.82. The number of carbonyl (C=O) groups excluding carboxylic acids is 1.